The van der Waals surface area contributed by atoms with Crippen LogP contribution in [-0.4, -0.2) is 26.1 Å². The molecule has 0 aliphatic carbocycles. The van der Waals surface area contributed by atoms with Crippen LogP contribution in [0.2, 0.25) is 0 Å². The van der Waals surface area contributed by atoms with Crippen LogP contribution in [-0.2, 0) is 11.3 Å². The third kappa shape index (κ3) is 2.27. The summed E-state index contributed by atoms with van der Waals surface area (Å²) < 4.78 is 7.37. The second-order valence-electron chi connectivity index (χ2n) is 5.83. The van der Waals surface area contributed by atoms with Crippen LogP contribution in [0.3, 0.4) is 0 Å². The maximum atomic E-state index is 12.1. The third-order valence-electron chi connectivity index (χ3n) is 3.03. The summed E-state index contributed by atoms with van der Waals surface area (Å²) >= 11 is 0. The fraction of sp³-hybridized carbons (Fsp3) is 0.333. The molecule has 0 N–H and O–H groups in total. The van der Waals surface area contributed by atoms with Gasteiger partial charge in [0, 0.05) is 29.7 Å². The van der Waals surface area contributed by atoms with Crippen LogP contribution >= 0.6 is 0 Å². The van der Waals surface area contributed by atoms with Gasteiger partial charge in [0.2, 0.25) is 0 Å². The van der Waals surface area contributed by atoms with E-state index in [0.29, 0.717) is 6.54 Å². The van der Waals surface area contributed by atoms with Crippen LogP contribution in [0, 0.1) is 0 Å². The maximum Gasteiger partial charge on any atom is 0.414 e. The molecule has 20 heavy (non-hydrogen) atoms. The number of amides is 1. The summed E-state index contributed by atoms with van der Waals surface area (Å²) in [7, 11) is 0. The molecule has 104 valence electrons. The lowest BCUT2D eigenvalue weighted by molar-refractivity contribution is 0.0318. The Morgan fingerprint density at radius 1 is 1.35 bits per heavy atom. The van der Waals surface area contributed by atoms with Crippen molar-refractivity contribution in [1.82, 2.24) is 14.5 Å². The Kier molecular flexibility index (Phi) is 2.78. The number of pyridine rings is 1. The van der Waals surface area contributed by atoms with Crippen molar-refractivity contribution in [3.63, 3.8) is 0 Å². The normalized spacial score (nSPS) is 14.4. The average molecular weight is 271 g/mol. The van der Waals surface area contributed by atoms with Crippen molar-refractivity contribution in [2.45, 2.75) is 32.9 Å². The van der Waals surface area contributed by atoms with Crippen LogP contribution < -0.4 is 0 Å². The first-order valence-electron chi connectivity index (χ1n) is 6.57. The first-order chi connectivity index (χ1) is 9.44. The molecular weight excluding hydrogens is 254 g/mol. The highest BCUT2D eigenvalue weighted by Gasteiger charge is 2.24. The topological polar surface area (TPSA) is 47.4 Å². The number of hydrogen-bond donors (Lipinski definition) is 0. The number of ether oxygens (including phenoxy) is 1. The van der Waals surface area contributed by atoms with E-state index in [0.717, 1.165) is 16.7 Å². The monoisotopic (exact) mass is 271 g/mol. The molecule has 0 unspecified atom stereocenters. The number of carbonyl (C=O) groups excluding carboxylic acids is 1. The second-order valence-corrected chi connectivity index (χ2v) is 5.83. The van der Waals surface area contributed by atoms with Crippen molar-refractivity contribution in [1.29, 1.82) is 0 Å². The molecule has 3 rings (SSSR count). The lowest BCUT2D eigenvalue weighted by atomic mass is 10.2. The van der Waals surface area contributed by atoms with Gasteiger partial charge in [-0.25, -0.2) is 9.78 Å². The second kappa shape index (κ2) is 4.37. The minimum absolute atomic E-state index is 0.335. The summed E-state index contributed by atoms with van der Waals surface area (Å²) in [4.78, 5) is 18.0. The highest BCUT2D eigenvalue weighted by atomic mass is 16.6. The van der Waals surface area contributed by atoms with Gasteiger partial charge in [0.05, 0.1) is 6.54 Å². The molecule has 0 radical (unpaired) electrons. The lowest BCUT2D eigenvalue weighted by Crippen LogP contribution is -2.34. The Morgan fingerprint density at radius 3 is 2.90 bits per heavy atom. The molecule has 0 saturated heterocycles. The molecule has 0 atom stereocenters. The van der Waals surface area contributed by atoms with E-state index in [1.165, 1.54) is 0 Å². The van der Waals surface area contributed by atoms with Crippen LogP contribution in [0.5, 0.6) is 0 Å². The van der Waals surface area contributed by atoms with Gasteiger partial charge in [-0.15, -0.1) is 0 Å². The Labute approximate surface area is 117 Å². The molecule has 2 aromatic heterocycles. The van der Waals surface area contributed by atoms with Crippen molar-refractivity contribution in [2.24, 2.45) is 0 Å². The first kappa shape index (κ1) is 12.7. The van der Waals surface area contributed by atoms with Gasteiger partial charge in [0.1, 0.15) is 11.2 Å². The average Bonchev–Trinajstić information content (AvgIpc) is 2.74. The molecule has 0 aromatic carbocycles. The van der Waals surface area contributed by atoms with Crippen molar-refractivity contribution in [2.75, 3.05) is 0 Å². The SMILES string of the molecule is CC(C)(C)OC(=O)N1C=Cn2c(cc3cccnc32)C1. The van der Waals surface area contributed by atoms with Gasteiger partial charge in [-0.2, -0.15) is 0 Å². The van der Waals surface area contributed by atoms with E-state index in [9.17, 15) is 4.79 Å². The van der Waals surface area contributed by atoms with Gasteiger partial charge in [-0.1, -0.05) is 0 Å². The number of hydrogen-bond acceptors (Lipinski definition) is 3. The number of rotatable bonds is 0. The van der Waals surface area contributed by atoms with Crippen LogP contribution in [0.15, 0.2) is 30.6 Å². The van der Waals surface area contributed by atoms with E-state index < -0.39 is 5.60 Å². The zero-order chi connectivity index (χ0) is 14.3. The standard InChI is InChI=1S/C15H17N3O2/c1-15(2,3)20-14(19)17-7-8-18-12(10-17)9-11-5-4-6-16-13(11)18/h4-9H,10H2,1-3H3. The molecule has 2 aromatic rings. The Balaban J connectivity index is 1.88. The van der Waals surface area contributed by atoms with Gasteiger partial charge >= 0.3 is 6.09 Å². The number of aromatic nitrogens is 2. The Morgan fingerprint density at radius 2 is 2.15 bits per heavy atom. The van der Waals surface area contributed by atoms with Crippen molar-refractivity contribution in [3.8, 4) is 0 Å². The zero-order valence-corrected chi connectivity index (χ0v) is 11.8. The number of carbonyl (C=O) groups is 1. The summed E-state index contributed by atoms with van der Waals surface area (Å²) in [5, 5.41) is 1.07. The fourth-order valence-electron chi connectivity index (χ4n) is 2.22. The molecule has 0 fully saturated rings. The van der Waals surface area contributed by atoms with E-state index in [-0.39, 0.29) is 6.09 Å². The molecule has 5 nitrogen and oxygen atoms in total. The summed E-state index contributed by atoms with van der Waals surface area (Å²) in [6.07, 6.45) is 5.01. The van der Waals surface area contributed by atoms with E-state index in [4.69, 9.17) is 4.74 Å². The van der Waals surface area contributed by atoms with Gasteiger partial charge in [0.15, 0.2) is 0 Å². The molecule has 3 heterocycles. The third-order valence-corrected chi connectivity index (χ3v) is 3.03. The van der Waals surface area contributed by atoms with Crippen molar-refractivity contribution in [3.05, 3.63) is 36.3 Å². The van der Waals surface area contributed by atoms with Gasteiger partial charge in [0.25, 0.3) is 0 Å². The predicted octanol–water partition coefficient (Wildman–Crippen LogP) is 3.22. The minimum atomic E-state index is -0.489. The molecule has 1 aliphatic heterocycles. The zero-order valence-electron chi connectivity index (χ0n) is 11.8. The molecule has 0 saturated carbocycles. The van der Waals surface area contributed by atoms with E-state index in [1.54, 1.807) is 17.3 Å². The van der Waals surface area contributed by atoms with Gasteiger partial charge in [-0.05, 0) is 39.0 Å². The number of nitrogens with zero attached hydrogens (tertiary/aromatic N) is 3. The summed E-state index contributed by atoms with van der Waals surface area (Å²) in [5.74, 6) is 0. The fourth-order valence-corrected chi connectivity index (χ4v) is 2.22. The molecular formula is C15H17N3O2. The van der Waals surface area contributed by atoms with E-state index >= 15 is 0 Å². The minimum Gasteiger partial charge on any atom is -0.443 e. The summed E-state index contributed by atoms with van der Waals surface area (Å²) in [5.41, 5.74) is 1.44. The van der Waals surface area contributed by atoms with Gasteiger partial charge < -0.3 is 9.30 Å². The highest BCUT2D eigenvalue weighted by molar-refractivity contribution is 5.81. The maximum absolute atomic E-state index is 12.1. The van der Waals surface area contributed by atoms with Crippen molar-refractivity contribution >= 4 is 23.3 Å². The largest absolute Gasteiger partial charge is 0.443 e. The smallest absolute Gasteiger partial charge is 0.414 e. The number of fused-ring (bicyclic) bond motifs is 3. The van der Waals surface area contributed by atoms with Crippen LogP contribution in [0.25, 0.3) is 17.2 Å². The molecule has 5 heteroatoms. The van der Waals surface area contributed by atoms with E-state index in [2.05, 4.69) is 4.98 Å². The first-order valence-corrected chi connectivity index (χ1v) is 6.57. The predicted molar refractivity (Wildman–Crippen MR) is 76.8 cm³/mol. The lowest BCUT2D eigenvalue weighted by Gasteiger charge is -2.27. The van der Waals surface area contributed by atoms with Crippen LogP contribution in [0.1, 0.15) is 26.5 Å². The Hall–Kier alpha value is -2.30. The molecule has 1 aliphatic rings. The van der Waals surface area contributed by atoms with E-state index in [1.807, 2.05) is 49.7 Å². The Bertz CT molecular complexity index is 695. The quantitative estimate of drug-likeness (QED) is 0.739. The molecule has 0 bridgehead atoms. The summed E-state index contributed by atoms with van der Waals surface area (Å²) in [6, 6.07) is 5.96. The van der Waals surface area contributed by atoms with Gasteiger partial charge in [-0.3, -0.25) is 4.90 Å². The summed E-state index contributed by atoms with van der Waals surface area (Å²) in [6.45, 7) is 6.07. The highest BCUT2D eigenvalue weighted by Crippen LogP contribution is 2.23. The van der Waals surface area contributed by atoms with Crippen LogP contribution in [0.4, 0.5) is 4.79 Å². The van der Waals surface area contributed by atoms with Crippen molar-refractivity contribution < 1.29 is 9.53 Å². The molecule has 1 amide bonds. The molecule has 0 spiro atoms.